The topological polar surface area (TPSA) is 124 Å². The number of hydrogen-bond acceptors (Lipinski definition) is 10. The fraction of sp³-hybridized carbons (Fsp3) is 0. The summed E-state index contributed by atoms with van der Waals surface area (Å²) in [6, 6.07) is 17.0. The molecule has 0 saturated heterocycles. The summed E-state index contributed by atoms with van der Waals surface area (Å²) < 4.78 is 0. The molecular formula is C18H10N4O6-4. The smallest absolute Gasteiger partial charge is 0.0790 e. The summed E-state index contributed by atoms with van der Waals surface area (Å²) in [4.78, 5) is 8.88. The Kier molecular flexibility index (Phi) is 3.64. The predicted octanol–water partition coefficient (Wildman–Crippen LogP) is 3.96. The third-order valence-corrected chi connectivity index (χ3v) is 4.59. The van der Waals surface area contributed by atoms with E-state index in [1.807, 2.05) is 24.3 Å². The summed E-state index contributed by atoms with van der Waals surface area (Å²) in [5, 5.41) is 46.8. The Balaban J connectivity index is 1.46. The van der Waals surface area contributed by atoms with Gasteiger partial charge >= 0.3 is 0 Å². The SMILES string of the molecule is [O-]N1ON([O-])c2cc(-c3ccc(-c4ccc5c(c4)N([O-])ON5[O-])cc3)ccc21. The molecule has 0 fully saturated rings. The predicted molar refractivity (Wildman–Crippen MR) is 103 cm³/mol. The van der Waals surface area contributed by atoms with Crippen LogP contribution in [-0.4, -0.2) is 0 Å². The van der Waals surface area contributed by atoms with Gasteiger partial charge in [0.15, 0.2) is 0 Å². The van der Waals surface area contributed by atoms with Crippen molar-refractivity contribution < 1.29 is 9.88 Å². The van der Waals surface area contributed by atoms with E-state index in [0.717, 1.165) is 22.3 Å². The van der Waals surface area contributed by atoms with E-state index in [1.54, 1.807) is 24.3 Å². The number of anilines is 4. The van der Waals surface area contributed by atoms with Gasteiger partial charge in [-0.3, -0.25) is 20.9 Å². The average molecular weight is 378 g/mol. The van der Waals surface area contributed by atoms with E-state index in [-0.39, 0.29) is 43.7 Å². The molecule has 0 N–H and O–H groups in total. The van der Waals surface area contributed by atoms with Gasteiger partial charge in [-0.05, 0) is 46.5 Å². The molecule has 0 atom stereocenters. The maximum absolute atomic E-state index is 11.6. The van der Waals surface area contributed by atoms with Crippen LogP contribution in [0.15, 0.2) is 60.7 Å². The van der Waals surface area contributed by atoms with Crippen molar-refractivity contribution in [2.75, 3.05) is 20.9 Å². The van der Waals surface area contributed by atoms with E-state index >= 15 is 0 Å². The van der Waals surface area contributed by atoms with Crippen LogP contribution >= 0.6 is 0 Å². The Morgan fingerprint density at radius 1 is 0.429 bits per heavy atom. The molecule has 5 rings (SSSR count). The fourth-order valence-electron chi connectivity index (χ4n) is 3.17. The first-order valence-corrected chi connectivity index (χ1v) is 8.15. The second kappa shape index (κ2) is 6.07. The van der Waals surface area contributed by atoms with Crippen molar-refractivity contribution >= 4 is 22.7 Å². The van der Waals surface area contributed by atoms with E-state index < -0.39 is 0 Å². The van der Waals surface area contributed by atoms with Crippen molar-refractivity contribution in [3.05, 3.63) is 81.5 Å². The van der Waals surface area contributed by atoms with Gasteiger partial charge in [0.1, 0.15) is 0 Å². The molecule has 0 aromatic heterocycles. The first kappa shape index (κ1) is 16.8. The van der Waals surface area contributed by atoms with Crippen LogP contribution in [-0.2, 0) is 9.88 Å². The highest BCUT2D eigenvalue weighted by molar-refractivity contribution is 5.83. The van der Waals surface area contributed by atoms with Crippen molar-refractivity contribution in [3.63, 3.8) is 0 Å². The molecule has 0 bridgehead atoms. The summed E-state index contributed by atoms with van der Waals surface area (Å²) >= 11 is 0. The Morgan fingerprint density at radius 3 is 1.14 bits per heavy atom. The van der Waals surface area contributed by atoms with Gasteiger partial charge in [-0.25, -0.2) is 0 Å². The monoisotopic (exact) mass is 378 g/mol. The largest absolute Gasteiger partial charge is 0.731 e. The highest BCUT2D eigenvalue weighted by Gasteiger charge is 2.18. The lowest BCUT2D eigenvalue weighted by atomic mass is 9.99. The highest BCUT2D eigenvalue weighted by atomic mass is 17.1. The quantitative estimate of drug-likeness (QED) is 0.647. The minimum Gasteiger partial charge on any atom is -0.731 e. The number of benzene rings is 3. The molecule has 0 saturated carbocycles. The third-order valence-electron chi connectivity index (χ3n) is 4.59. The maximum Gasteiger partial charge on any atom is 0.0790 e. The molecule has 2 heterocycles. The van der Waals surface area contributed by atoms with Crippen LogP contribution < -0.4 is 20.9 Å². The molecule has 142 valence electrons. The van der Waals surface area contributed by atoms with E-state index in [1.165, 1.54) is 12.1 Å². The summed E-state index contributed by atoms with van der Waals surface area (Å²) in [6.07, 6.45) is 0. The van der Waals surface area contributed by atoms with Crippen molar-refractivity contribution in [1.82, 2.24) is 0 Å². The first-order chi connectivity index (χ1) is 13.5. The van der Waals surface area contributed by atoms with Gasteiger partial charge in [0.2, 0.25) is 0 Å². The molecule has 2 aliphatic heterocycles. The molecule has 0 radical (unpaired) electrons. The second-order valence-corrected chi connectivity index (χ2v) is 6.18. The van der Waals surface area contributed by atoms with Gasteiger partial charge in [-0.1, -0.05) is 36.4 Å². The Bertz CT molecular complexity index is 976. The Hall–Kier alpha value is -3.38. The van der Waals surface area contributed by atoms with Gasteiger partial charge in [0.05, 0.1) is 22.7 Å². The molecule has 0 amide bonds. The van der Waals surface area contributed by atoms with Gasteiger partial charge in [-0.15, -0.1) is 0 Å². The number of nitrogens with zero attached hydrogens (tertiary/aromatic N) is 4. The van der Waals surface area contributed by atoms with Crippen molar-refractivity contribution in [2.24, 2.45) is 0 Å². The molecule has 3 aromatic rings. The summed E-state index contributed by atoms with van der Waals surface area (Å²) in [6.45, 7) is 0. The van der Waals surface area contributed by atoms with Crippen molar-refractivity contribution in [3.8, 4) is 22.3 Å². The lowest BCUT2D eigenvalue weighted by molar-refractivity contribution is 0.150. The minimum atomic E-state index is 0.132. The zero-order valence-electron chi connectivity index (χ0n) is 14.0. The molecule has 0 unspecified atom stereocenters. The highest BCUT2D eigenvalue weighted by Crippen LogP contribution is 2.40. The molecular weight excluding hydrogens is 368 g/mol. The molecule has 0 aliphatic carbocycles. The van der Waals surface area contributed by atoms with Gasteiger partial charge in [0.25, 0.3) is 0 Å². The summed E-state index contributed by atoms with van der Waals surface area (Å²) in [5.74, 6) is 0. The standard InChI is InChI=1S/C18H10N4O6/c23-19-15-7-5-13(9-17(15)21(25)27-19)11-1-2-12(4-3-11)14-6-8-16-18(10-14)22(26)28-20(16)24/h1-10H/q-4. The van der Waals surface area contributed by atoms with Crippen LogP contribution in [0.1, 0.15) is 0 Å². The molecule has 0 spiro atoms. The van der Waals surface area contributed by atoms with Gasteiger partial charge in [0, 0.05) is 0 Å². The molecule has 2 aliphatic rings. The minimum absolute atomic E-state index is 0.132. The summed E-state index contributed by atoms with van der Waals surface area (Å²) in [5.41, 5.74) is 3.67. The van der Waals surface area contributed by atoms with E-state index in [2.05, 4.69) is 9.88 Å². The van der Waals surface area contributed by atoms with E-state index in [9.17, 15) is 20.8 Å². The van der Waals surface area contributed by atoms with Crippen LogP contribution in [0.3, 0.4) is 0 Å². The van der Waals surface area contributed by atoms with Crippen LogP contribution in [0.4, 0.5) is 22.7 Å². The zero-order chi connectivity index (χ0) is 19.4. The zero-order valence-corrected chi connectivity index (χ0v) is 14.0. The molecule has 10 nitrogen and oxygen atoms in total. The number of hydrogen-bond donors (Lipinski definition) is 0. The Morgan fingerprint density at radius 2 is 0.750 bits per heavy atom. The maximum atomic E-state index is 11.6. The van der Waals surface area contributed by atoms with E-state index in [4.69, 9.17) is 0 Å². The summed E-state index contributed by atoms with van der Waals surface area (Å²) in [7, 11) is 0. The third kappa shape index (κ3) is 2.53. The first-order valence-electron chi connectivity index (χ1n) is 8.15. The number of fused-ring (bicyclic) bond motifs is 2. The van der Waals surface area contributed by atoms with Gasteiger partial charge in [-0.2, -0.15) is 9.88 Å². The molecule has 10 heteroatoms. The Labute approximate surface area is 158 Å². The van der Waals surface area contributed by atoms with E-state index in [0.29, 0.717) is 0 Å². The van der Waals surface area contributed by atoms with Crippen molar-refractivity contribution in [2.45, 2.75) is 0 Å². The van der Waals surface area contributed by atoms with Crippen LogP contribution in [0.25, 0.3) is 22.3 Å². The fourth-order valence-corrected chi connectivity index (χ4v) is 3.17. The normalized spacial score (nSPS) is 15.3. The molecule has 28 heavy (non-hydrogen) atoms. The van der Waals surface area contributed by atoms with Crippen molar-refractivity contribution in [1.29, 1.82) is 0 Å². The van der Waals surface area contributed by atoms with Crippen LogP contribution in [0.5, 0.6) is 0 Å². The lowest BCUT2D eigenvalue weighted by Crippen LogP contribution is -2.17. The van der Waals surface area contributed by atoms with Gasteiger partial charge < -0.3 is 20.8 Å². The van der Waals surface area contributed by atoms with Crippen LogP contribution in [0.2, 0.25) is 0 Å². The van der Waals surface area contributed by atoms with Crippen LogP contribution in [0, 0.1) is 20.8 Å². The average Bonchev–Trinajstić information content (AvgIpc) is 3.16. The lowest BCUT2D eigenvalue weighted by Gasteiger charge is -2.26. The molecule has 3 aromatic carbocycles. The second-order valence-electron chi connectivity index (χ2n) is 6.18. The number of rotatable bonds is 2.